The minimum atomic E-state index is -0.155. The maximum atomic E-state index is 12.8. The number of fused-ring (bicyclic) bond motifs is 1. The van der Waals surface area contributed by atoms with E-state index in [0.717, 1.165) is 24.2 Å². The van der Waals surface area contributed by atoms with Gasteiger partial charge in [-0.2, -0.15) is 5.10 Å². The van der Waals surface area contributed by atoms with E-state index in [9.17, 15) is 4.79 Å². The van der Waals surface area contributed by atoms with Crippen molar-refractivity contribution in [3.63, 3.8) is 0 Å². The molecular formula is C18H23N3O3. The number of hydrogen-bond acceptors (Lipinski definition) is 4. The summed E-state index contributed by atoms with van der Waals surface area (Å²) in [6, 6.07) is 6.01. The molecule has 1 aliphatic carbocycles. The number of aromatic nitrogens is 2. The largest absolute Gasteiger partial charge is 0.494 e. The molecule has 1 aliphatic rings. The summed E-state index contributed by atoms with van der Waals surface area (Å²) in [6.45, 7) is 4.43. The molecule has 2 aromatic rings. The smallest absolute Gasteiger partial charge is 0.259 e. The monoisotopic (exact) mass is 329 g/mol. The fraction of sp³-hybridized carbons (Fsp3) is 0.444. The van der Waals surface area contributed by atoms with Gasteiger partial charge in [0.2, 0.25) is 5.88 Å². The average molecular weight is 329 g/mol. The highest BCUT2D eigenvalue weighted by atomic mass is 16.5. The zero-order chi connectivity index (χ0) is 17.3. The maximum absolute atomic E-state index is 12.8. The molecule has 0 spiro atoms. The van der Waals surface area contributed by atoms with Crippen LogP contribution in [0, 0.1) is 6.92 Å². The lowest BCUT2D eigenvalue weighted by atomic mass is 10.1. The van der Waals surface area contributed by atoms with Crippen LogP contribution in [0.25, 0.3) is 0 Å². The molecule has 1 atom stereocenters. The molecule has 1 aromatic heterocycles. The standard InChI is InChI=1S/C18H23N3O3/c1-5-24-15-8-6-7-12-13(15)9-10-14(12)19-17(22)16-11(2)20-21(3)18(16)23-4/h6-8,14H,5,9-10H2,1-4H3,(H,19,22)/t14-/m1/s1. The zero-order valence-corrected chi connectivity index (χ0v) is 14.5. The highest BCUT2D eigenvalue weighted by Gasteiger charge is 2.29. The molecule has 3 rings (SSSR count). The van der Waals surface area contributed by atoms with Gasteiger partial charge in [0.25, 0.3) is 5.91 Å². The number of carbonyl (C=O) groups excluding carboxylic acids is 1. The molecular weight excluding hydrogens is 306 g/mol. The number of nitrogens with zero attached hydrogens (tertiary/aromatic N) is 2. The molecule has 24 heavy (non-hydrogen) atoms. The van der Waals surface area contributed by atoms with E-state index in [-0.39, 0.29) is 11.9 Å². The fourth-order valence-electron chi connectivity index (χ4n) is 3.42. The third-order valence-corrected chi connectivity index (χ3v) is 4.42. The third-order valence-electron chi connectivity index (χ3n) is 4.42. The highest BCUT2D eigenvalue weighted by Crippen LogP contribution is 2.37. The lowest BCUT2D eigenvalue weighted by Gasteiger charge is -2.15. The fourth-order valence-corrected chi connectivity index (χ4v) is 3.42. The van der Waals surface area contributed by atoms with E-state index in [1.807, 2.05) is 26.0 Å². The van der Waals surface area contributed by atoms with Crippen LogP contribution in [-0.4, -0.2) is 29.4 Å². The van der Waals surface area contributed by atoms with E-state index in [1.165, 1.54) is 5.56 Å². The first-order chi connectivity index (χ1) is 11.6. The first-order valence-corrected chi connectivity index (χ1v) is 8.19. The predicted octanol–water partition coefficient (Wildman–Crippen LogP) is 2.55. The van der Waals surface area contributed by atoms with Gasteiger partial charge in [-0.1, -0.05) is 12.1 Å². The highest BCUT2D eigenvalue weighted by molar-refractivity contribution is 5.98. The molecule has 1 aromatic carbocycles. The summed E-state index contributed by atoms with van der Waals surface area (Å²) in [5, 5.41) is 7.39. The number of carbonyl (C=O) groups is 1. The number of aryl methyl sites for hydroxylation is 2. The Bertz CT molecular complexity index is 767. The maximum Gasteiger partial charge on any atom is 0.259 e. The molecule has 1 heterocycles. The molecule has 1 N–H and O–H groups in total. The van der Waals surface area contributed by atoms with Crippen LogP contribution in [0.5, 0.6) is 11.6 Å². The topological polar surface area (TPSA) is 65.4 Å². The van der Waals surface area contributed by atoms with Crippen molar-refractivity contribution < 1.29 is 14.3 Å². The molecule has 6 heteroatoms. The summed E-state index contributed by atoms with van der Waals surface area (Å²) in [5.74, 6) is 1.24. The zero-order valence-electron chi connectivity index (χ0n) is 14.5. The van der Waals surface area contributed by atoms with Crippen LogP contribution >= 0.6 is 0 Å². The van der Waals surface area contributed by atoms with E-state index in [4.69, 9.17) is 9.47 Å². The van der Waals surface area contributed by atoms with Gasteiger partial charge in [-0.15, -0.1) is 0 Å². The first kappa shape index (κ1) is 16.4. The minimum Gasteiger partial charge on any atom is -0.494 e. The molecule has 0 bridgehead atoms. The molecule has 1 amide bonds. The Hall–Kier alpha value is -2.50. The average Bonchev–Trinajstić information content (AvgIpc) is 3.08. The molecule has 128 valence electrons. The number of ether oxygens (including phenoxy) is 2. The number of amides is 1. The van der Waals surface area contributed by atoms with E-state index in [2.05, 4.69) is 16.5 Å². The second-order valence-electron chi connectivity index (χ2n) is 5.91. The summed E-state index contributed by atoms with van der Waals surface area (Å²) >= 11 is 0. The van der Waals surface area contributed by atoms with E-state index in [1.54, 1.807) is 18.8 Å². The number of methoxy groups -OCH3 is 1. The Balaban J connectivity index is 1.85. The van der Waals surface area contributed by atoms with Gasteiger partial charge in [0.1, 0.15) is 11.3 Å². The quantitative estimate of drug-likeness (QED) is 0.915. The second-order valence-corrected chi connectivity index (χ2v) is 5.91. The van der Waals surface area contributed by atoms with Gasteiger partial charge in [0.15, 0.2) is 0 Å². The van der Waals surface area contributed by atoms with Gasteiger partial charge < -0.3 is 14.8 Å². The Labute approximate surface area is 141 Å². The van der Waals surface area contributed by atoms with Crippen LogP contribution in [0.4, 0.5) is 0 Å². The number of benzene rings is 1. The lowest BCUT2D eigenvalue weighted by Crippen LogP contribution is -2.27. The Kier molecular flexibility index (Phi) is 4.46. The number of rotatable bonds is 5. The van der Waals surface area contributed by atoms with Gasteiger partial charge in [-0.3, -0.25) is 4.79 Å². The van der Waals surface area contributed by atoms with Crippen LogP contribution in [0.15, 0.2) is 18.2 Å². The third kappa shape index (κ3) is 2.72. The summed E-state index contributed by atoms with van der Waals surface area (Å²) in [5.41, 5.74) is 3.48. The molecule has 0 radical (unpaired) electrons. The Morgan fingerprint density at radius 2 is 2.25 bits per heavy atom. The molecule has 0 fully saturated rings. The van der Waals surface area contributed by atoms with Gasteiger partial charge in [0.05, 0.1) is 25.5 Å². The summed E-state index contributed by atoms with van der Waals surface area (Å²) in [7, 11) is 3.31. The van der Waals surface area contributed by atoms with Crippen LogP contribution in [0.1, 0.15) is 46.6 Å². The molecule has 0 saturated heterocycles. The lowest BCUT2D eigenvalue weighted by molar-refractivity contribution is 0.0932. The van der Waals surface area contributed by atoms with Crippen molar-refractivity contribution >= 4 is 5.91 Å². The normalized spacial score (nSPS) is 15.9. The van der Waals surface area contributed by atoms with Crippen LogP contribution in [0.2, 0.25) is 0 Å². The van der Waals surface area contributed by atoms with Crippen molar-refractivity contribution in [2.75, 3.05) is 13.7 Å². The number of hydrogen-bond donors (Lipinski definition) is 1. The van der Waals surface area contributed by atoms with Crippen LogP contribution < -0.4 is 14.8 Å². The van der Waals surface area contributed by atoms with Crippen molar-refractivity contribution in [2.45, 2.75) is 32.7 Å². The van der Waals surface area contributed by atoms with Crippen molar-refractivity contribution in [1.29, 1.82) is 0 Å². The summed E-state index contributed by atoms with van der Waals surface area (Å²) in [4.78, 5) is 12.8. The number of nitrogens with one attached hydrogen (secondary N) is 1. The molecule has 6 nitrogen and oxygen atoms in total. The van der Waals surface area contributed by atoms with E-state index < -0.39 is 0 Å². The van der Waals surface area contributed by atoms with Crippen LogP contribution in [-0.2, 0) is 13.5 Å². The Morgan fingerprint density at radius 1 is 1.46 bits per heavy atom. The minimum absolute atomic E-state index is 0.0165. The van der Waals surface area contributed by atoms with Crippen LogP contribution in [0.3, 0.4) is 0 Å². The SMILES string of the molecule is CCOc1cccc2c1CC[C@H]2NC(=O)c1c(C)nn(C)c1OC. The van der Waals surface area contributed by atoms with Crippen molar-refractivity contribution in [3.05, 3.63) is 40.6 Å². The molecule has 0 unspecified atom stereocenters. The van der Waals surface area contributed by atoms with Gasteiger partial charge in [-0.05, 0) is 43.9 Å². The van der Waals surface area contributed by atoms with Crippen molar-refractivity contribution in [1.82, 2.24) is 15.1 Å². The second kappa shape index (κ2) is 6.55. The summed E-state index contributed by atoms with van der Waals surface area (Å²) in [6.07, 6.45) is 1.77. The Morgan fingerprint density at radius 3 is 2.96 bits per heavy atom. The first-order valence-electron chi connectivity index (χ1n) is 8.19. The van der Waals surface area contributed by atoms with E-state index in [0.29, 0.717) is 23.7 Å². The molecule has 0 saturated carbocycles. The van der Waals surface area contributed by atoms with Crippen molar-refractivity contribution in [2.24, 2.45) is 7.05 Å². The molecule has 0 aliphatic heterocycles. The predicted molar refractivity (Wildman–Crippen MR) is 90.6 cm³/mol. The van der Waals surface area contributed by atoms with Crippen molar-refractivity contribution in [3.8, 4) is 11.6 Å². The summed E-state index contributed by atoms with van der Waals surface area (Å²) < 4.78 is 12.6. The van der Waals surface area contributed by atoms with E-state index >= 15 is 0 Å². The van der Waals surface area contributed by atoms with Gasteiger partial charge in [-0.25, -0.2) is 4.68 Å². The van der Waals surface area contributed by atoms with Gasteiger partial charge in [0, 0.05) is 7.05 Å². The van der Waals surface area contributed by atoms with Gasteiger partial charge >= 0.3 is 0 Å².